The maximum absolute atomic E-state index is 12.4. The van der Waals surface area contributed by atoms with Gasteiger partial charge < -0.3 is 18.9 Å². The monoisotopic (exact) mass is 564 g/mol. The van der Waals surface area contributed by atoms with Gasteiger partial charge in [0.2, 0.25) is 0 Å². The molecule has 0 radical (unpaired) electrons. The molecule has 4 rings (SSSR count). The molecule has 224 valence electrons. The van der Waals surface area contributed by atoms with Crippen LogP contribution in [0.5, 0.6) is 5.75 Å². The average molecular weight is 565 g/mol. The highest BCUT2D eigenvalue weighted by atomic mass is 16.7. The maximum atomic E-state index is 12.4. The lowest BCUT2D eigenvalue weighted by molar-refractivity contribution is -0.147. The van der Waals surface area contributed by atoms with Crippen LogP contribution in [-0.2, 0) is 38.5 Å². The quantitative estimate of drug-likeness (QED) is 0.171. The number of carbonyl (C=O) groups is 2. The summed E-state index contributed by atoms with van der Waals surface area (Å²) in [6, 6.07) is 15.9. The summed E-state index contributed by atoms with van der Waals surface area (Å²) in [4.78, 5) is 24.6. The van der Waals surface area contributed by atoms with E-state index in [0.717, 1.165) is 62.7 Å². The van der Waals surface area contributed by atoms with Gasteiger partial charge >= 0.3 is 12.1 Å². The van der Waals surface area contributed by atoms with Crippen LogP contribution in [0.4, 0.5) is 4.79 Å². The van der Waals surface area contributed by atoms with Gasteiger partial charge in [0.15, 0.2) is 6.61 Å². The van der Waals surface area contributed by atoms with E-state index in [1.807, 2.05) is 56.3 Å². The van der Waals surface area contributed by atoms with E-state index in [1.54, 1.807) is 0 Å². The molecule has 2 aliphatic carbocycles. The minimum absolute atomic E-state index is 0.0865. The van der Waals surface area contributed by atoms with E-state index < -0.39 is 6.16 Å². The smallest absolute Gasteiger partial charge is 0.482 e. The van der Waals surface area contributed by atoms with Crippen LogP contribution in [0.2, 0.25) is 0 Å². The van der Waals surface area contributed by atoms with Gasteiger partial charge in [0, 0.05) is 0 Å². The fraction of sp³-hybridized carbons (Fsp3) is 0.600. The average Bonchev–Trinajstić information content (AvgIpc) is 3.26. The molecule has 0 amide bonds. The normalized spacial score (nSPS) is 22.0. The fourth-order valence-electron chi connectivity index (χ4n) is 6.87. The minimum Gasteiger partial charge on any atom is -0.482 e. The van der Waals surface area contributed by atoms with Gasteiger partial charge in [-0.15, -0.1) is 0 Å². The molecule has 0 spiro atoms. The summed E-state index contributed by atoms with van der Waals surface area (Å²) in [5.41, 5.74) is 3.54. The van der Waals surface area contributed by atoms with Gasteiger partial charge in [0.25, 0.3) is 0 Å². The second-order valence-electron chi connectivity index (χ2n) is 12.3. The Bertz CT molecular complexity index is 1110. The van der Waals surface area contributed by atoms with Crippen molar-refractivity contribution in [3.8, 4) is 5.75 Å². The number of ether oxygens (including phenoxy) is 4. The van der Waals surface area contributed by atoms with Crippen molar-refractivity contribution in [3.05, 3.63) is 65.2 Å². The van der Waals surface area contributed by atoms with Crippen molar-refractivity contribution in [1.82, 2.24) is 0 Å². The highest BCUT2D eigenvalue weighted by Gasteiger charge is 2.43. The van der Waals surface area contributed by atoms with Gasteiger partial charge in [-0.2, -0.15) is 0 Å². The van der Waals surface area contributed by atoms with E-state index in [4.69, 9.17) is 18.9 Å². The number of hydrogen-bond donors (Lipinski definition) is 0. The molecule has 6 heteroatoms. The molecule has 0 unspecified atom stereocenters. The maximum Gasteiger partial charge on any atom is 0.508 e. The van der Waals surface area contributed by atoms with Gasteiger partial charge in [-0.3, -0.25) is 0 Å². The number of unbranched alkanes of at least 4 members (excludes halogenated alkanes) is 2. The molecule has 0 heterocycles. The lowest BCUT2D eigenvalue weighted by atomic mass is 9.73. The van der Waals surface area contributed by atoms with E-state index in [1.165, 1.54) is 17.5 Å². The molecular weight excluding hydrogens is 516 g/mol. The number of carbonyl (C=O) groups excluding carboxylic acids is 2. The summed E-state index contributed by atoms with van der Waals surface area (Å²) < 4.78 is 22.5. The Labute approximate surface area is 246 Å². The van der Waals surface area contributed by atoms with Gasteiger partial charge in [0.1, 0.15) is 18.5 Å². The zero-order chi connectivity index (χ0) is 29.2. The summed E-state index contributed by atoms with van der Waals surface area (Å²) >= 11 is 0. The second-order valence-corrected chi connectivity index (χ2v) is 12.3. The van der Waals surface area contributed by atoms with Crippen LogP contribution in [-0.4, -0.2) is 30.9 Å². The molecule has 2 aliphatic rings. The first-order chi connectivity index (χ1) is 19.8. The first-order valence-corrected chi connectivity index (χ1v) is 15.6. The van der Waals surface area contributed by atoms with Crippen LogP contribution in [0.15, 0.2) is 48.5 Å². The van der Waals surface area contributed by atoms with E-state index in [0.29, 0.717) is 23.7 Å². The Morgan fingerprint density at radius 1 is 0.951 bits per heavy atom. The number of fused-ring (bicyclic) bond motifs is 2. The van der Waals surface area contributed by atoms with Crippen molar-refractivity contribution in [2.45, 2.75) is 104 Å². The van der Waals surface area contributed by atoms with E-state index in [-0.39, 0.29) is 31.4 Å². The summed E-state index contributed by atoms with van der Waals surface area (Å²) in [6.07, 6.45) is 8.61. The topological polar surface area (TPSA) is 71.1 Å². The van der Waals surface area contributed by atoms with Gasteiger partial charge in [0.05, 0.1) is 6.10 Å². The highest BCUT2D eigenvalue weighted by Crippen LogP contribution is 2.51. The van der Waals surface area contributed by atoms with Crippen molar-refractivity contribution >= 4 is 12.1 Å². The van der Waals surface area contributed by atoms with Crippen molar-refractivity contribution in [2.24, 2.45) is 23.7 Å². The standard InChI is InChI=1S/C35H48O6/c1-5-6-8-15-29(41-35(37)40-24(2)3)17-18-30-25(4)19-28-21-32-27(20-31(28)30)14-11-16-33(32)38-23-34(36)39-22-26-12-9-7-10-13-26/h7,9-14,16,24-25,28-31H,5-6,8,15,17-23H2,1-4H3/t25-,28-,29+,30+,31+/m1/s1. The predicted octanol–water partition coefficient (Wildman–Crippen LogP) is 8.09. The lowest BCUT2D eigenvalue weighted by Gasteiger charge is -2.33. The van der Waals surface area contributed by atoms with Crippen molar-refractivity contribution < 1.29 is 28.5 Å². The van der Waals surface area contributed by atoms with Gasteiger partial charge in [-0.1, -0.05) is 69.2 Å². The van der Waals surface area contributed by atoms with Crippen LogP contribution < -0.4 is 4.74 Å². The minimum atomic E-state index is -0.540. The van der Waals surface area contributed by atoms with Crippen LogP contribution in [0.1, 0.15) is 89.3 Å². The first-order valence-electron chi connectivity index (χ1n) is 15.6. The van der Waals surface area contributed by atoms with E-state index in [9.17, 15) is 9.59 Å². The molecular formula is C35H48O6. The summed E-state index contributed by atoms with van der Waals surface area (Å²) in [5.74, 6) is 2.88. The van der Waals surface area contributed by atoms with Crippen LogP contribution in [0.25, 0.3) is 0 Å². The Hall–Kier alpha value is -3.02. The summed E-state index contributed by atoms with van der Waals surface area (Å²) in [7, 11) is 0. The largest absolute Gasteiger partial charge is 0.508 e. The third kappa shape index (κ3) is 8.98. The molecule has 1 saturated carbocycles. The molecule has 0 N–H and O–H groups in total. The lowest BCUT2D eigenvalue weighted by Crippen LogP contribution is -2.28. The molecule has 1 fully saturated rings. The molecule has 41 heavy (non-hydrogen) atoms. The van der Waals surface area contributed by atoms with E-state index in [2.05, 4.69) is 19.9 Å². The molecule has 6 nitrogen and oxygen atoms in total. The van der Waals surface area contributed by atoms with Crippen molar-refractivity contribution in [3.63, 3.8) is 0 Å². The Morgan fingerprint density at radius 2 is 1.76 bits per heavy atom. The van der Waals surface area contributed by atoms with Gasteiger partial charge in [-0.05, 0) is 105 Å². The Kier molecular flexibility index (Phi) is 11.5. The van der Waals surface area contributed by atoms with Crippen molar-refractivity contribution in [2.75, 3.05) is 6.61 Å². The number of rotatable bonds is 14. The van der Waals surface area contributed by atoms with Crippen LogP contribution in [0, 0.1) is 23.7 Å². The van der Waals surface area contributed by atoms with Gasteiger partial charge in [-0.25, -0.2) is 9.59 Å². The number of esters is 1. The molecule has 0 aromatic heterocycles. The molecule has 2 aromatic carbocycles. The second kappa shape index (κ2) is 15.3. The number of hydrogen-bond acceptors (Lipinski definition) is 6. The SMILES string of the molecule is CCCCC[C@@H](CC[C@@H]1[C@H]2Cc3cccc(OCC(=O)OCc4ccccc4)c3C[C@H]2C[C@H]1C)OC(=O)OC(C)C. The van der Waals surface area contributed by atoms with Crippen LogP contribution >= 0.6 is 0 Å². The Morgan fingerprint density at radius 3 is 2.51 bits per heavy atom. The first kappa shape index (κ1) is 30.9. The fourth-order valence-corrected chi connectivity index (χ4v) is 6.87. The molecule has 2 aromatic rings. The molecule has 0 aliphatic heterocycles. The third-order valence-electron chi connectivity index (χ3n) is 8.85. The van der Waals surface area contributed by atoms with Crippen LogP contribution in [0.3, 0.4) is 0 Å². The zero-order valence-corrected chi connectivity index (χ0v) is 25.3. The third-order valence-corrected chi connectivity index (χ3v) is 8.85. The summed E-state index contributed by atoms with van der Waals surface area (Å²) in [6.45, 7) is 8.44. The van der Waals surface area contributed by atoms with Crippen molar-refractivity contribution in [1.29, 1.82) is 0 Å². The number of benzene rings is 2. The molecule has 0 bridgehead atoms. The zero-order valence-electron chi connectivity index (χ0n) is 25.3. The van der Waals surface area contributed by atoms with E-state index >= 15 is 0 Å². The predicted molar refractivity (Wildman–Crippen MR) is 160 cm³/mol. The molecule has 0 saturated heterocycles. The summed E-state index contributed by atoms with van der Waals surface area (Å²) in [5, 5.41) is 0. The highest BCUT2D eigenvalue weighted by molar-refractivity contribution is 5.71. The Balaban J connectivity index is 1.33. The molecule has 5 atom stereocenters.